The molecule has 1 N–H and O–H groups in total. The summed E-state index contributed by atoms with van der Waals surface area (Å²) in [6.45, 7) is 5.82. The first-order valence-corrected chi connectivity index (χ1v) is 16.6. The van der Waals surface area contributed by atoms with E-state index in [1.54, 1.807) is 43.3 Å². The van der Waals surface area contributed by atoms with Gasteiger partial charge in [-0.05, 0) is 80.6 Å². The molecule has 0 fully saturated rings. The van der Waals surface area contributed by atoms with Crippen LogP contribution in [0.25, 0.3) is 0 Å². The average Bonchev–Trinajstić information content (AvgIpc) is 2.95. The minimum Gasteiger partial charge on any atom is -0.354 e. The zero-order valence-electron chi connectivity index (χ0n) is 23.3. The summed E-state index contributed by atoms with van der Waals surface area (Å²) in [5.41, 5.74) is 2.16. The summed E-state index contributed by atoms with van der Waals surface area (Å²) in [4.78, 5) is 29.4. The van der Waals surface area contributed by atoms with Crippen molar-refractivity contribution in [2.24, 2.45) is 0 Å². The lowest BCUT2D eigenvalue weighted by Crippen LogP contribution is -2.51. The topological polar surface area (TPSA) is 86.8 Å². The standard InChI is InChI=1S/C30H36BrN3O4S2/c1-5-6-19-32-30(36)23(3)33(20-24-9-11-25(31)12-10-24)29(35)21-34(26-13-7-22(2)8-14-26)40(37,38)28-17-15-27(39-4)16-18-28/h7-18,23H,5-6,19-21H2,1-4H3,(H,32,36)/t23-/m0/s1. The molecule has 3 aromatic carbocycles. The Morgan fingerprint density at radius 1 is 0.975 bits per heavy atom. The Hall–Kier alpha value is -2.82. The molecule has 1 atom stereocenters. The Kier molecular flexibility index (Phi) is 11.7. The van der Waals surface area contributed by atoms with Crippen LogP contribution >= 0.6 is 27.7 Å². The van der Waals surface area contributed by atoms with E-state index in [0.29, 0.717) is 12.2 Å². The van der Waals surface area contributed by atoms with Crippen molar-refractivity contribution >= 4 is 55.2 Å². The molecule has 0 aromatic heterocycles. The van der Waals surface area contributed by atoms with E-state index in [1.165, 1.54) is 16.7 Å². The van der Waals surface area contributed by atoms with Crippen LogP contribution in [0, 0.1) is 6.92 Å². The van der Waals surface area contributed by atoms with Gasteiger partial charge in [-0.3, -0.25) is 13.9 Å². The number of hydrogen-bond donors (Lipinski definition) is 1. The van der Waals surface area contributed by atoms with Crippen molar-refractivity contribution in [2.45, 2.75) is 56.0 Å². The van der Waals surface area contributed by atoms with Crippen LogP contribution in [0.3, 0.4) is 0 Å². The van der Waals surface area contributed by atoms with Gasteiger partial charge in [0.05, 0.1) is 10.6 Å². The fourth-order valence-corrected chi connectivity index (χ4v) is 6.11. The molecule has 0 radical (unpaired) electrons. The van der Waals surface area contributed by atoms with Crippen molar-refractivity contribution in [3.8, 4) is 0 Å². The first kappa shape index (κ1) is 31.7. The predicted molar refractivity (Wildman–Crippen MR) is 166 cm³/mol. The van der Waals surface area contributed by atoms with Gasteiger partial charge in [-0.2, -0.15) is 0 Å². The Morgan fingerprint density at radius 3 is 2.17 bits per heavy atom. The van der Waals surface area contributed by atoms with Crippen LogP contribution in [0.4, 0.5) is 5.69 Å². The van der Waals surface area contributed by atoms with Crippen LogP contribution in [0.2, 0.25) is 0 Å². The zero-order valence-corrected chi connectivity index (χ0v) is 26.5. The molecule has 0 aliphatic carbocycles. The second kappa shape index (κ2) is 14.7. The first-order chi connectivity index (χ1) is 19.1. The summed E-state index contributed by atoms with van der Waals surface area (Å²) < 4.78 is 29.8. The third-order valence-corrected chi connectivity index (χ3v) is 9.57. The third-order valence-electron chi connectivity index (χ3n) is 6.51. The van der Waals surface area contributed by atoms with Crippen molar-refractivity contribution in [3.63, 3.8) is 0 Å². The molecule has 0 unspecified atom stereocenters. The average molecular weight is 647 g/mol. The number of halogens is 1. The molecule has 0 spiro atoms. The maximum atomic E-state index is 13.9. The predicted octanol–water partition coefficient (Wildman–Crippen LogP) is 6.01. The van der Waals surface area contributed by atoms with E-state index in [4.69, 9.17) is 0 Å². The summed E-state index contributed by atoms with van der Waals surface area (Å²) in [5.74, 6) is -0.762. The Morgan fingerprint density at radius 2 is 1.60 bits per heavy atom. The quantitative estimate of drug-likeness (QED) is 0.182. The number of benzene rings is 3. The van der Waals surface area contributed by atoms with E-state index < -0.39 is 28.5 Å². The van der Waals surface area contributed by atoms with Gasteiger partial charge in [0.15, 0.2) is 0 Å². The SMILES string of the molecule is CCCCNC(=O)[C@H](C)N(Cc1ccc(Br)cc1)C(=O)CN(c1ccc(C)cc1)S(=O)(=O)c1ccc(SC)cc1. The fourth-order valence-electron chi connectivity index (χ4n) is 4.02. The molecule has 3 aromatic rings. The highest BCUT2D eigenvalue weighted by atomic mass is 79.9. The summed E-state index contributed by atoms with van der Waals surface area (Å²) in [5, 5.41) is 2.90. The number of thioether (sulfide) groups is 1. The lowest BCUT2D eigenvalue weighted by atomic mass is 10.1. The monoisotopic (exact) mass is 645 g/mol. The Bertz CT molecular complexity index is 1380. The van der Waals surface area contributed by atoms with E-state index in [0.717, 1.165) is 37.6 Å². The molecular formula is C30H36BrN3O4S2. The van der Waals surface area contributed by atoms with Crippen LogP contribution < -0.4 is 9.62 Å². The van der Waals surface area contributed by atoms with Crippen LogP contribution in [0.5, 0.6) is 0 Å². The molecule has 0 aliphatic rings. The number of aryl methyl sites for hydroxylation is 1. The molecule has 3 rings (SSSR count). The largest absolute Gasteiger partial charge is 0.354 e. The van der Waals surface area contributed by atoms with Gasteiger partial charge >= 0.3 is 0 Å². The smallest absolute Gasteiger partial charge is 0.264 e. The molecule has 0 aliphatic heterocycles. The van der Waals surface area contributed by atoms with E-state index in [-0.39, 0.29) is 17.3 Å². The van der Waals surface area contributed by atoms with Gasteiger partial charge in [0.25, 0.3) is 10.0 Å². The highest BCUT2D eigenvalue weighted by molar-refractivity contribution is 9.10. The lowest BCUT2D eigenvalue weighted by Gasteiger charge is -2.32. The number of unbranched alkanes of at least 4 members (excludes halogenated alkanes) is 1. The maximum absolute atomic E-state index is 13.9. The minimum absolute atomic E-state index is 0.0866. The molecular weight excluding hydrogens is 610 g/mol. The number of anilines is 1. The van der Waals surface area contributed by atoms with Crippen molar-refractivity contribution < 1.29 is 18.0 Å². The number of nitrogens with one attached hydrogen (secondary N) is 1. The second-order valence-corrected chi connectivity index (χ2v) is 13.1. The van der Waals surface area contributed by atoms with E-state index >= 15 is 0 Å². The first-order valence-electron chi connectivity index (χ1n) is 13.1. The Balaban J connectivity index is 1.99. The number of nitrogens with zero attached hydrogens (tertiary/aromatic N) is 2. The number of hydrogen-bond acceptors (Lipinski definition) is 5. The van der Waals surface area contributed by atoms with Crippen molar-refractivity contribution in [2.75, 3.05) is 23.7 Å². The van der Waals surface area contributed by atoms with Gasteiger partial charge < -0.3 is 10.2 Å². The molecule has 0 saturated carbocycles. The molecule has 0 bridgehead atoms. The second-order valence-electron chi connectivity index (χ2n) is 9.49. The highest BCUT2D eigenvalue weighted by Gasteiger charge is 2.32. The van der Waals surface area contributed by atoms with Gasteiger partial charge in [-0.1, -0.05) is 59.1 Å². The number of amides is 2. The minimum atomic E-state index is -4.09. The summed E-state index contributed by atoms with van der Waals surface area (Å²) in [6.07, 6.45) is 3.67. The third kappa shape index (κ3) is 8.34. The van der Waals surface area contributed by atoms with E-state index in [1.807, 2.05) is 56.5 Å². The lowest BCUT2D eigenvalue weighted by molar-refractivity contribution is -0.139. The van der Waals surface area contributed by atoms with Crippen molar-refractivity contribution in [1.29, 1.82) is 0 Å². The summed E-state index contributed by atoms with van der Waals surface area (Å²) >= 11 is 4.94. The molecule has 7 nitrogen and oxygen atoms in total. The fraction of sp³-hybridized carbons (Fsp3) is 0.333. The highest BCUT2D eigenvalue weighted by Crippen LogP contribution is 2.26. The molecule has 10 heteroatoms. The van der Waals surface area contributed by atoms with Gasteiger partial charge in [-0.25, -0.2) is 8.42 Å². The van der Waals surface area contributed by atoms with Crippen molar-refractivity contribution in [1.82, 2.24) is 10.2 Å². The van der Waals surface area contributed by atoms with Crippen LogP contribution in [0.1, 0.15) is 37.8 Å². The Labute approximate surface area is 250 Å². The molecule has 40 heavy (non-hydrogen) atoms. The van der Waals surface area contributed by atoms with Gasteiger partial charge in [0, 0.05) is 22.5 Å². The van der Waals surface area contributed by atoms with Crippen LogP contribution in [-0.2, 0) is 26.2 Å². The zero-order chi connectivity index (χ0) is 29.3. The van der Waals surface area contributed by atoms with Gasteiger partial charge in [0.2, 0.25) is 11.8 Å². The normalized spacial score (nSPS) is 12.0. The van der Waals surface area contributed by atoms with E-state index in [9.17, 15) is 18.0 Å². The van der Waals surface area contributed by atoms with Gasteiger partial charge in [0.1, 0.15) is 12.6 Å². The molecule has 2 amide bonds. The van der Waals surface area contributed by atoms with E-state index in [2.05, 4.69) is 21.2 Å². The van der Waals surface area contributed by atoms with Crippen LogP contribution in [-0.4, -0.2) is 50.5 Å². The van der Waals surface area contributed by atoms with Crippen molar-refractivity contribution in [3.05, 3.63) is 88.4 Å². The number of rotatable bonds is 13. The molecule has 0 heterocycles. The number of sulfonamides is 1. The summed E-state index contributed by atoms with van der Waals surface area (Å²) in [6, 6.07) is 20.3. The van der Waals surface area contributed by atoms with Gasteiger partial charge in [-0.15, -0.1) is 11.8 Å². The maximum Gasteiger partial charge on any atom is 0.264 e. The van der Waals surface area contributed by atoms with Crippen LogP contribution in [0.15, 0.2) is 87.1 Å². The number of carbonyl (C=O) groups excluding carboxylic acids is 2. The molecule has 214 valence electrons. The number of carbonyl (C=O) groups is 2. The molecule has 0 saturated heterocycles. The summed E-state index contributed by atoms with van der Waals surface area (Å²) in [7, 11) is -4.09.